The summed E-state index contributed by atoms with van der Waals surface area (Å²) in [7, 11) is 1.79. The van der Waals surface area contributed by atoms with Crippen LogP contribution in [0.15, 0.2) is 11.9 Å². The molecule has 0 saturated carbocycles. The summed E-state index contributed by atoms with van der Waals surface area (Å²) >= 11 is 0. The van der Waals surface area contributed by atoms with Crippen molar-refractivity contribution in [3.05, 3.63) is 11.9 Å². The molecule has 0 bridgehead atoms. The van der Waals surface area contributed by atoms with Crippen molar-refractivity contribution in [3.63, 3.8) is 0 Å². The van der Waals surface area contributed by atoms with Gasteiger partial charge in [0.1, 0.15) is 5.78 Å². The number of hydrogen-bond acceptors (Lipinski definition) is 4. The smallest absolute Gasteiger partial charge is 0.222 e. The molecule has 0 aliphatic carbocycles. The van der Waals surface area contributed by atoms with Gasteiger partial charge < -0.3 is 16.4 Å². The minimum Gasteiger partial charge on any atom is -0.403 e. The minimum atomic E-state index is -0.445. The van der Waals surface area contributed by atoms with Crippen LogP contribution in [0.25, 0.3) is 0 Å². The van der Waals surface area contributed by atoms with Crippen molar-refractivity contribution in [2.45, 2.75) is 66.8 Å². The Hall–Kier alpha value is -1.52. The fourth-order valence-corrected chi connectivity index (χ4v) is 3.03. The first kappa shape index (κ1) is 20.5. The third kappa shape index (κ3) is 5.35. The van der Waals surface area contributed by atoms with Crippen LogP contribution in [0, 0.1) is 10.8 Å². The Morgan fingerprint density at radius 2 is 1.73 bits per heavy atom. The molecule has 0 aliphatic heterocycles. The monoisotopic (exact) mass is 311 g/mol. The molecule has 0 aromatic rings. The van der Waals surface area contributed by atoms with Gasteiger partial charge in [0.2, 0.25) is 5.91 Å². The lowest BCUT2D eigenvalue weighted by Gasteiger charge is -2.44. The standard InChI is InChI=1S/C17H33N3O2/c1-8-15(22)20(7)14(9-13(19)10-18)17(5,6)11-16(3,4)12(2)21/h10,14H,8-9,11,18-19H2,1-7H3/b13-10-. The van der Waals surface area contributed by atoms with E-state index in [2.05, 4.69) is 13.8 Å². The zero-order chi connectivity index (χ0) is 17.7. The third-order valence-electron chi connectivity index (χ3n) is 4.56. The van der Waals surface area contributed by atoms with Crippen LogP contribution in [-0.2, 0) is 9.59 Å². The second-order valence-corrected chi connectivity index (χ2v) is 7.43. The van der Waals surface area contributed by atoms with Gasteiger partial charge in [-0.05, 0) is 18.8 Å². The van der Waals surface area contributed by atoms with Crippen LogP contribution in [0.3, 0.4) is 0 Å². The molecule has 0 aromatic carbocycles. The Bertz CT molecular complexity index is 439. The first-order valence-corrected chi connectivity index (χ1v) is 7.82. The summed E-state index contributed by atoms with van der Waals surface area (Å²) in [6, 6.07) is -0.113. The van der Waals surface area contributed by atoms with Gasteiger partial charge in [0.25, 0.3) is 0 Å². The van der Waals surface area contributed by atoms with Gasteiger partial charge in [0, 0.05) is 43.2 Å². The molecule has 0 aromatic heterocycles. The van der Waals surface area contributed by atoms with Crippen LogP contribution in [0.2, 0.25) is 0 Å². The van der Waals surface area contributed by atoms with Crippen molar-refractivity contribution in [3.8, 4) is 0 Å². The largest absolute Gasteiger partial charge is 0.403 e. The van der Waals surface area contributed by atoms with E-state index in [-0.39, 0.29) is 23.1 Å². The number of Topliss-reactive ketones (excluding diaryl/α,β-unsaturated/α-hetero) is 1. The highest BCUT2D eigenvalue weighted by atomic mass is 16.2. The molecule has 0 radical (unpaired) electrons. The summed E-state index contributed by atoms with van der Waals surface area (Å²) in [4.78, 5) is 25.7. The lowest BCUT2D eigenvalue weighted by Crippen LogP contribution is -2.49. The lowest BCUT2D eigenvalue weighted by atomic mass is 9.68. The molecule has 4 N–H and O–H groups in total. The fourth-order valence-electron chi connectivity index (χ4n) is 3.03. The fraction of sp³-hybridized carbons (Fsp3) is 0.765. The van der Waals surface area contributed by atoms with Crippen molar-refractivity contribution in [2.75, 3.05) is 7.05 Å². The lowest BCUT2D eigenvalue weighted by molar-refractivity contribution is -0.135. The van der Waals surface area contributed by atoms with E-state index in [9.17, 15) is 9.59 Å². The van der Waals surface area contributed by atoms with Gasteiger partial charge in [-0.25, -0.2) is 0 Å². The number of nitrogens with two attached hydrogens (primary N) is 2. The number of carbonyl (C=O) groups is 2. The van der Waals surface area contributed by atoms with E-state index in [4.69, 9.17) is 11.5 Å². The molecule has 0 aliphatic rings. The van der Waals surface area contributed by atoms with E-state index in [1.165, 1.54) is 6.20 Å². The highest BCUT2D eigenvalue weighted by molar-refractivity contribution is 5.81. The molecule has 0 spiro atoms. The Morgan fingerprint density at radius 3 is 2.09 bits per heavy atom. The predicted molar refractivity (Wildman–Crippen MR) is 90.8 cm³/mol. The van der Waals surface area contributed by atoms with Crippen LogP contribution in [-0.4, -0.2) is 29.7 Å². The van der Waals surface area contributed by atoms with E-state index in [1.807, 2.05) is 20.8 Å². The molecule has 0 heterocycles. The van der Waals surface area contributed by atoms with Gasteiger partial charge in [-0.1, -0.05) is 34.6 Å². The number of carbonyl (C=O) groups excluding carboxylic acids is 2. The summed E-state index contributed by atoms with van der Waals surface area (Å²) in [5, 5.41) is 0. The SMILES string of the molecule is CCC(=O)N(C)C(C/C(N)=C/N)C(C)(C)CC(C)(C)C(C)=O. The topological polar surface area (TPSA) is 89.4 Å². The zero-order valence-electron chi connectivity index (χ0n) is 15.2. The van der Waals surface area contributed by atoms with Crippen LogP contribution in [0.5, 0.6) is 0 Å². The second-order valence-electron chi connectivity index (χ2n) is 7.43. The van der Waals surface area contributed by atoms with Crippen molar-refractivity contribution in [2.24, 2.45) is 22.3 Å². The number of ketones is 1. The number of amides is 1. The maximum absolute atomic E-state index is 12.1. The molecule has 5 nitrogen and oxygen atoms in total. The summed E-state index contributed by atoms with van der Waals surface area (Å²) in [6.45, 7) is 11.5. The summed E-state index contributed by atoms with van der Waals surface area (Å²) in [5.41, 5.74) is 11.2. The van der Waals surface area contributed by atoms with E-state index in [0.29, 0.717) is 25.0 Å². The number of hydrogen-bond donors (Lipinski definition) is 2. The first-order chi connectivity index (χ1) is 9.89. The second kappa shape index (κ2) is 7.65. The molecule has 1 atom stereocenters. The molecule has 1 amide bonds. The van der Waals surface area contributed by atoms with E-state index in [1.54, 1.807) is 18.9 Å². The Kier molecular flexibility index (Phi) is 7.13. The van der Waals surface area contributed by atoms with Gasteiger partial charge in [-0.15, -0.1) is 0 Å². The zero-order valence-corrected chi connectivity index (χ0v) is 15.2. The Labute approximate surface area is 135 Å². The molecule has 22 heavy (non-hydrogen) atoms. The number of rotatable bonds is 8. The number of nitrogens with zero attached hydrogens (tertiary/aromatic N) is 1. The first-order valence-electron chi connectivity index (χ1n) is 7.82. The Balaban J connectivity index is 5.54. The molecule has 1 unspecified atom stereocenters. The molecular weight excluding hydrogens is 278 g/mol. The highest BCUT2D eigenvalue weighted by Gasteiger charge is 2.40. The summed E-state index contributed by atoms with van der Waals surface area (Å²) in [6.07, 6.45) is 2.98. The third-order valence-corrected chi connectivity index (χ3v) is 4.56. The Morgan fingerprint density at radius 1 is 1.23 bits per heavy atom. The van der Waals surface area contributed by atoms with Crippen molar-refractivity contribution in [1.29, 1.82) is 0 Å². The van der Waals surface area contributed by atoms with Crippen LogP contribution in [0.4, 0.5) is 0 Å². The molecule has 128 valence electrons. The molecule has 0 fully saturated rings. The average molecular weight is 311 g/mol. The normalized spacial score (nSPS) is 14.6. The van der Waals surface area contributed by atoms with Gasteiger partial charge in [0.15, 0.2) is 0 Å². The molecule has 0 rings (SSSR count). The highest BCUT2D eigenvalue weighted by Crippen LogP contribution is 2.40. The van der Waals surface area contributed by atoms with Crippen molar-refractivity contribution < 1.29 is 9.59 Å². The molecule has 0 saturated heterocycles. The van der Waals surface area contributed by atoms with E-state index in [0.717, 1.165) is 0 Å². The van der Waals surface area contributed by atoms with Gasteiger partial charge in [-0.2, -0.15) is 0 Å². The van der Waals surface area contributed by atoms with Crippen LogP contribution < -0.4 is 11.5 Å². The van der Waals surface area contributed by atoms with Crippen LogP contribution in [0.1, 0.15) is 60.8 Å². The van der Waals surface area contributed by atoms with Crippen LogP contribution >= 0.6 is 0 Å². The van der Waals surface area contributed by atoms with Crippen molar-refractivity contribution in [1.82, 2.24) is 4.90 Å². The van der Waals surface area contributed by atoms with Gasteiger partial charge in [-0.3, -0.25) is 9.59 Å². The maximum atomic E-state index is 12.1. The van der Waals surface area contributed by atoms with E-state index < -0.39 is 5.41 Å². The molecule has 5 heteroatoms. The molecular formula is C17H33N3O2. The minimum absolute atomic E-state index is 0.0588. The van der Waals surface area contributed by atoms with E-state index >= 15 is 0 Å². The van der Waals surface area contributed by atoms with Gasteiger partial charge in [0.05, 0.1) is 0 Å². The maximum Gasteiger partial charge on any atom is 0.222 e. The predicted octanol–water partition coefficient (Wildman–Crippen LogP) is 2.40. The van der Waals surface area contributed by atoms with Gasteiger partial charge >= 0.3 is 0 Å². The van der Waals surface area contributed by atoms with Crippen molar-refractivity contribution >= 4 is 11.7 Å². The average Bonchev–Trinajstić information content (AvgIpc) is 2.41. The summed E-state index contributed by atoms with van der Waals surface area (Å²) in [5.74, 6) is 0.203. The quantitative estimate of drug-likeness (QED) is 0.720. The summed E-state index contributed by atoms with van der Waals surface area (Å²) < 4.78 is 0.